The lowest BCUT2D eigenvalue weighted by Gasteiger charge is -2.13. The van der Waals surface area contributed by atoms with Crippen LogP contribution in [0, 0.1) is 0 Å². The number of hydrogen-bond donors (Lipinski definition) is 0. The second-order valence-corrected chi connectivity index (χ2v) is 5.26. The van der Waals surface area contributed by atoms with Gasteiger partial charge in [0, 0.05) is 0 Å². The first-order chi connectivity index (χ1) is 9.86. The predicted molar refractivity (Wildman–Crippen MR) is 92.5 cm³/mol. The van der Waals surface area contributed by atoms with Crippen LogP contribution in [0.5, 0.6) is 0 Å². The molecule has 1 unspecified atom stereocenters. The zero-order valence-electron chi connectivity index (χ0n) is 11.9. The first kappa shape index (κ1) is 14.8. The Hall–Kier alpha value is -1.60. The van der Waals surface area contributed by atoms with Gasteiger partial charge in [-0.3, -0.25) is 0 Å². The predicted octanol–water partition coefficient (Wildman–Crippen LogP) is 6.35. The van der Waals surface area contributed by atoms with Crippen molar-refractivity contribution in [2.45, 2.75) is 18.7 Å². The number of rotatable bonds is 2. The highest BCUT2D eigenvalue weighted by Gasteiger charge is 2.12. The largest absolute Gasteiger partial charge is 0.0786 e. The zero-order valence-corrected chi connectivity index (χ0v) is 13.5. The van der Waals surface area contributed by atoms with Gasteiger partial charge in [0.1, 0.15) is 0 Å². The van der Waals surface area contributed by atoms with Gasteiger partial charge in [-0.05, 0) is 21.9 Å². The normalized spacial score (nSPS) is 11.6. The molecule has 3 rings (SSSR count). The average molecular weight is 327 g/mol. The molecule has 0 heterocycles. The fourth-order valence-corrected chi connectivity index (χ4v) is 2.98. The van der Waals surface area contributed by atoms with Crippen LogP contribution in [0.25, 0.3) is 10.8 Å². The molecule has 0 saturated carbocycles. The van der Waals surface area contributed by atoms with E-state index in [1.165, 1.54) is 21.9 Å². The monoisotopic (exact) mass is 326 g/mol. The molecule has 1 heteroatoms. The fourth-order valence-electron chi connectivity index (χ4n) is 2.27. The average Bonchev–Trinajstić information content (AvgIpc) is 2.56. The highest BCUT2D eigenvalue weighted by Crippen LogP contribution is 2.34. The first-order valence-electron chi connectivity index (χ1n) is 7.03. The molecular weight excluding hydrogens is 308 g/mol. The number of benzene rings is 3. The molecule has 3 aromatic rings. The maximum atomic E-state index is 3.82. The third-order valence-electron chi connectivity index (χ3n) is 3.19. The highest BCUT2D eigenvalue weighted by molar-refractivity contribution is 9.09. The minimum Gasteiger partial charge on any atom is -0.0786 e. The standard InChI is InChI=1S/C17H13Br.C2H6/c18-17(14-8-2-1-3-9-14)16-12-6-10-13-7-4-5-11-15(13)16;1-2/h1-12,17H;1-2H3. The summed E-state index contributed by atoms with van der Waals surface area (Å²) in [5.41, 5.74) is 2.60. The Kier molecular flexibility index (Phi) is 5.37. The van der Waals surface area contributed by atoms with Crippen LogP contribution in [-0.2, 0) is 0 Å². The Balaban J connectivity index is 0.000000704. The summed E-state index contributed by atoms with van der Waals surface area (Å²) in [6.45, 7) is 4.00. The van der Waals surface area contributed by atoms with E-state index in [1.54, 1.807) is 0 Å². The second-order valence-electron chi connectivity index (χ2n) is 4.34. The molecule has 20 heavy (non-hydrogen) atoms. The van der Waals surface area contributed by atoms with Gasteiger partial charge in [0.05, 0.1) is 4.83 Å². The molecular formula is C19H19Br. The summed E-state index contributed by atoms with van der Waals surface area (Å²) < 4.78 is 0. The number of hydrogen-bond acceptors (Lipinski definition) is 0. The van der Waals surface area contributed by atoms with E-state index in [4.69, 9.17) is 0 Å². The Morgan fingerprint density at radius 2 is 1.30 bits per heavy atom. The molecule has 1 atom stereocenters. The van der Waals surface area contributed by atoms with Crippen LogP contribution in [0.15, 0.2) is 72.8 Å². The molecule has 0 bridgehead atoms. The van der Waals surface area contributed by atoms with Crippen molar-refractivity contribution in [3.63, 3.8) is 0 Å². The van der Waals surface area contributed by atoms with Crippen LogP contribution < -0.4 is 0 Å². The van der Waals surface area contributed by atoms with Gasteiger partial charge >= 0.3 is 0 Å². The van der Waals surface area contributed by atoms with Gasteiger partial charge in [-0.2, -0.15) is 0 Å². The molecule has 0 aromatic heterocycles. The fraction of sp³-hybridized carbons (Fsp3) is 0.158. The van der Waals surface area contributed by atoms with E-state index in [0.717, 1.165) is 0 Å². The molecule has 0 amide bonds. The molecule has 0 nitrogen and oxygen atoms in total. The SMILES string of the molecule is BrC(c1ccccc1)c1cccc2ccccc12.CC. The quantitative estimate of drug-likeness (QED) is 0.481. The smallest absolute Gasteiger partial charge is 0.0650 e. The van der Waals surface area contributed by atoms with Crippen molar-refractivity contribution >= 4 is 26.7 Å². The topological polar surface area (TPSA) is 0 Å². The maximum Gasteiger partial charge on any atom is 0.0650 e. The number of halogens is 1. The molecule has 0 spiro atoms. The molecule has 0 aliphatic rings. The Morgan fingerprint density at radius 3 is 2.05 bits per heavy atom. The van der Waals surface area contributed by atoms with Gasteiger partial charge < -0.3 is 0 Å². The van der Waals surface area contributed by atoms with Crippen LogP contribution in [0.3, 0.4) is 0 Å². The van der Waals surface area contributed by atoms with Crippen molar-refractivity contribution < 1.29 is 0 Å². The summed E-state index contributed by atoms with van der Waals surface area (Å²) in [5, 5.41) is 2.60. The van der Waals surface area contributed by atoms with E-state index in [1.807, 2.05) is 19.9 Å². The van der Waals surface area contributed by atoms with Crippen LogP contribution in [0.1, 0.15) is 29.8 Å². The van der Waals surface area contributed by atoms with E-state index in [9.17, 15) is 0 Å². The van der Waals surface area contributed by atoms with Gasteiger partial charge in [0.25, 0.3) is 0 Å². The highest BCUT2D eigenvalue weighted by atomic mass is 79.9. The van der Waals surface area contributed by atoms with Gasteiger partial charge in [-0.15, -0.1) is 0 Å². The maximum absolute atomic E-state index is 3.82. The van der Waals surface area contributed by atoms with Gasteiger partial charge in [-0.25, -0.2) is 0 Å². The van der Waals surface area contributed by atoms with Crippen LogP contribution in [0.4, 0.5) is 0 Å². The van der Waals surface area contributed by atoms with Gasteiger partial charge in [0.2, 0.25) is 0 Å². The van der Waals surface area contributed by atoms with Crippen molar-refractivity contribution in [3.05, 3.63) is 83.9 Å². The molecule has 102 valence electrons. The second kappa shape index (κ2) is 7.25. The molecule has 3 aromatic carbocycles. The molecule has 0 aliphatic heterocycles. The molecule has 0 radical (unpaired) electrons. The Bertz CT molecular complexity index is 653. The lowest BCUT2D eigenvalue weighted by Crippen LogP contribution is -1.93. The van der Waals surface area contributed by atoms with Crippen LogP contribution >= 0.6 is 15.9 Å². The summed E-state index contributed by atoms with van der Waals surface area (Å²) in [7, 11) is 0. The van der Waals surface area contributed by atoms with E-state index < -0.39 is 0 Å². The molecule has 0 saturated heterocycles. The van der Waals surface area contributed by atoms with Crippen molar-refractivity contribution in [2.24, 2.45) is 0 Å². The Labute approximate surface area is 129 Å². The molecule has 0 aliphatic carbocycles. The summed E-state index contributed by atoms with van der Waals surface area (Å²) >= 11 is 3.82. The lowest BCUT2D eigenvalue weighted by molar-refractivity contribution is 1.20. The first-order valence-corrected chi connectivity index (χ1v) is 7.94. The van der Waals surface area contributed by atoms with E-state index in [-0.39, 0.29) is 4.83 Å². The van der Waals surface area contributed by atoms with Crippen molar-refractivity contribution in [2.75, 3.05) is 0 Å². The van der Waals surface area contributed by atoms with Gasteiger partial charge in [0.15, 0.2) is 0 Å². The minimum absolute atomic E-state index is 0.241. The summed E-state index contributed by atoms with van der Waals surface area (Å²) in [6, 6.07) is 25.5. The van der Waals surface area contributed by atoms with Gasteiger partial charge in [-0.1, -0.05) is 103 Å². The lowest BCUT2D eigenvalue weighted by atomic mass is 9.98. The number of alkyl halides is 1. The van der Waals surface area contributed by atoms with Crippen LogP contribution in [-0.4, -0.2) is 0 Å². The van der Waals surface area contributed by atoms with Crippen molar-refractivity contribution in [3.8, 4) is 0 Å². The zero-order chi connectivity index (χ0) is 14.4. The third kappa shape index (κ3) is 3.10. The van der Waals surface area contributed by atoms with E-state index >= 15 is 0 Å². The summed E-state index contributed by atoms with van der Waals surface area (Å²) in [5.74, 6) is 0. The minimum atomic E-state index is 0.241. The third-order valence-corrected chi connectivity index (χ3v) is 4.21. The van der Waals surface area contributed by atoms with Crippen molar-refractivity contribution in [1.82, 2.24) is 0 Å². The number of fused-ring (bicyclic) bond motifs is 1. The Morgan fingerprint density at radius 1 is 0.700 bits per heavy atom. The van der Waals surface area contributed by atoms with E-state index in [2.05, 4.69) is 82.7 Å². The summed E-state index contributed by atoms with van der Waals surface area (Å²) in [6.07, 6.45) is 0. The molecule has 0 N–H and O–H groups in total. The van der Waals surface area contributed by atoms with Crippen LogP contribution in [0.2, 0.25) is 0 Å². The van der Waals surface area contributed by atoms with Crippen molar-refractivity contribution in [1.29, 1.82) is 0 Å². The molecule has 0 fully saturated rings. The van der Waals surface area contributed by atoms with E-state index in [0.29, 0.717) is 0 Å². The summed E-state index contributed by atoms with van der Waals surface area (Å²) in [4.78, 5) is 0.241.